The van der Waals surface area contributed by atoms with Gasteiger partial charge in [0.25, 0.3) is 0 Å². The highest BCUT2D eigenvalue weighted by Crippen LogP contribution is 2.45. The predicted octanol–water partition coefficient (Wildman–Crippen LogP) is 9.18. The van der Waals surface area contributed by atoms with E-state index in [2.05, 4.69) is 108 Å². The highest BCUT2D eigenvalue weighted by molar-refractivity contribution is 7.26. The third kappa shape index (κ3) is 2.21. The van der Waals surface area contributed by atoms with Crippen LogP contribution in [0.2, 0.25) is 0 Å². The van der Waals surface area contributed by atoms with E-state index in [1.54, 1.807) is 0 Å². The van der Waals surface area contributed by atoms with E-state index in [4.69, 9.17) is 0 Å². The highest BCUT2D eigenvalue weighted by atomic mass is 32.1. The van der Waals surface area contributed by atoms with Crippen molar-refractivity contribution in [1.29, 1.82) is 0 Å². The second kappa shape index (κ2) is 6.12. The molecule has 0 fully saturated rings. The van der Waals surface area contributed by atoms with Crippen molar-refractivity contribution in [1.82, 2.24) is 4.40 Å². The molecule has 3 aromatic heterocycles. The van der Waals surface area contributed by atoms with Crippen LogP contribution in [0.25, 0.3) is 69.4 Å². The van der Waals surface area contributed by atoms with Gasteiger partial charge in [-0.2, -0.15) is 0 Å². The minimum Gasteiger partial charge on any atom is -0.308 e. The summed E-state index contributed by atoms with van der Waals surface area (Å²) in [7, 11) is 0. The fraction of sp³-hybridized carbons (Fsp3) is 0.0323. The molecule has 8 rings (SSSR count). The molecule has 0 spiro atoms. The molecule has 0 N–H and O–H groups in total. The molecule has 0 bridgehead atoms. The van der Waals surface area contributed by atoms with Gasteiger partial charge in [-0.3, -0.25) is 0 Å². The average molecular weight is 438 g/mol. The largest absolute Gasteiger partial charge is 0.308 e. The first-order valence-corrected chi connectivity index (χ1v) is 12.2. The molecule has 8 aromatic rings. The van der Waals surface area contributed by atoms with Crippen LogP contribution in [0.15, 0.2) is 97.1 Å². The van der Waals surface area contributed by atoms with Crippen LogP contribution >= 0.6 is 11.3 Å². The van der Waals surface area contributed by atoms with Crippen LogP contribution in [-0.4, -0.2) is 4.40 Å². The van der Waals surface area contributed by atoms with Crippen LogP contribution in [0.4, 0.5) is 0 Å². The van der Waals surface area contributed by atoms with E-state index < -0.39 is 0 Å². The summed E-state index contributed by atoms with van der Waals surface area (Å²) in [6.07, 6.45) is 0. The van der Waals surface area contributed by atoms with Crippen molar-refractivity contribution in [2.24, 2.45) is 0 Å². The molecule has 0 saturated carbocycles. The van der Waals surface area contributed by atoms with E-state index in [1.165, 1.54) is 75.0 Å². The summed E-state index contributed by atoms with van der Waals surface area (Å²) < 4.78 is 5.18. The molecule has 0 aliphatic heterocycles. The van der Waals surface area contributed by atoms with E-state index in [-0.39, 0.29) is 0 Å². The van der Waals surface area contributed by atoms with Gasteiger partial charge in [-0.25, -0.2) is 0 Å². The number of hydrogen-bond acceptors (Lipinski definition) is 1. The topological polar surface area (TPSA) is 4.41 Å². The standard InChI is InChI=1S/C31H19NS/c1-18-13-14-28-24(15-18)26-17-19(16-25-21-7-2-4-11-27(21)32(28)30(25)26)20-9-6-10-23-22-8-3-5-12-29(22)33-31(20)23/h2-17H,1H3. The lowest BCUT2D eigenvalue weighted by Gasteiger charge is -2.06. The summed E-state index contributed by atoms with van der Waals surface area (Å²) in [6.45, 7) is 2.19. The van der Waals surface area contributed by atoms with E-state index in [0.717, 1.165) is 0 Å². The number of fused-ring (bicyclic) bond motifs is 9. The molecule has 33 heavy (non-hydrogen) atoms. The summed E-state index contributed by atoms with van der Waals surface area (Å²) in [5.74, 6) is 0. The fourth-order valence-electron chi connectivity index (χ4n) is 5.74. The third-order valence-electron chi connectivity index (χ3n) is 7.17. The Hall–Kier alpha value is -3.88. The van der Waals surface area contributed by atoms with Crippen molar-refractivity contribution in [3.05, 3.63) is 103 Å². The maximum Gasteiger partial charge on any atom is 0.0620 e. The number of aryl methyl sites for hydroxylation is 1. The van der Waals surface area contributed by atoms with E-state index in [9.17, 15) is 0 Å². The lowest BCUT2D eigenvalue weighted by atomic mass is 9.98. The molecular formula is C31H19NS. The van der Waals surface area contributed by atoms with Gasteiger partial charge in [0.2, 0.25) is 0 Å². The van der Waals surface area contributed by atoms with Crippen LogP contribution in [0.1, 0.15) is 5.56 Å². The van der Waals surface area contributed by atoms with Gasteiger partial charge in [0.1, 0.15) is 0 Å². The lowest BCUT2D eigenvalue weighted by molar-refractivity contribution is 1.36. The third-order valence-corrected chi connectivity index (χ3v) is 8.39. The maximum atomic E-state index is 2.46. The number of para-hydroxylation sites is 1. The minimum atomic E-state index is 1.29. The minimum absolute atomic E-state index is 1.29. The molecule has 0 unspecified atom stereocenters. The van der Waals surface area contributed by atoms with Gasteiger partial charge >= 0.3 is 0 Å². The fourth-order valence-corrected chi connectivity index (χ4v) is 6.98. The Bertz CT molecular complexity index is 2040. The smallest absolute Gasteiger partial charge is 0.0620 e. The van der Waals surface area contributed by atoms with Crippen molar-refractivity contribution < 1.29 is 0 Å². The second-order valence-electron chi connectivity index (χ2n) is 9.07. The summed E-state index contributed by atoms with van der Waals surface area (Å²) in [6, 6.07) is 36.0. The van der Waals surface area contributed by atoms with Crippen LogP contribution in [0.3, 0.4) is 0 Å². The van der Waals surface area contributed by atoms with Gasteiger partial charge in [0, 0.05) is 41.7 Å². The summed E-state index contributed by atoms with van der Waals surface area (Å²) >= 11 is 1.90. The normalized spacial score (nSPS) is 12.4. The van der Waals surface area contributed by atoms with Gasteiger partial charge in [-0.15, -0.1) is 11.3 Å². The van der Waals surface area contributed by atoms with E-state index in [0.29, 0.717) is 0 Å². The quantitative estimate of drug-likeness (QED) is 0.241. The van der Waals surface area contributed by atoms with E-state index >= 15 is 0 Å². The Kier molecular flexibility index (Phi) is 3.27. The molecule has 0 amide bonds. The molecule has 5 aromatic carbocycles. The zero-order valence-corrected chi connectivity index (χ0v) is 18.9. The number of thiophene rings is 1. The van der Waals surface area contributed by atoms with Gasteiger partial charge < -0.3 is 4.40 Å². The Morgan fingerprint density at radius 1 is 0.576 bits per heavy atom. The predicted molar refractivity (Wildman–Crippen MR) is 144 cm³/mol. The number of aromatic nitrogens is 1. The maximum absolute atomic E-state index is 2.46. The monoisotopic (exact) mass is 437 g/mol. The van der Waals surface area contributed by atoms with Crippen molar-refractivity contribution in [3.63, 3.8) is 0 Å². The van der Waals surface area contributed by atoms with Gasteiger partial charge in [-0.05, 0) is 54.4 Å². The molecule has 0 atom stereocenters. The summed E-state index contributed by atoms with van der Waals surface area (Å²) in [5, 5.41) is 8.04. The molecule has 3 heterocycles. The van der Waals surface area contributed by atoms with Crippen molar-refractivity contribution >= 4 is 69.6 Å². The summed E-state index contributed by atoms with van der Waals surface area (Å²) in [4.78, 5) is 0. The molecular weight excluding hydrogens is 418 g/mol. The lowest BCUT2D eigenvalue weighted by Crippen LogP contribution is -1.80. The molecule has 0 radical (unpaired) electrons. The zero-order chi connectivity index (χ0) is 21.7. The second-order valence-corrected chi connectivity index (χ2v) is 10.1. The van der Waals surface area contributed by atoms with Gasteiger partial charge in [-0.1, -0.05) is 66.2 Å². The number of nitrogens with zero attached hydrogens (tertiary/aromatic N) is 1. The van der Waals surface area contributed by atoms with Crippen LogP contribution in [-0.2, 0) is 0 Å². The molecule has 1 nitrogen and oxygen atoms in total. The first-order valence-electron chi connectivity index (χ1n) is 11.4. The molecule has 154 valence electrons. The van der Waals surface area contributed by atoms with Crippen LogP contribution < -0.4 is 0 Å². The molecule has 0 saturated heterocycles. The zero-order valence-electron chi connectivity index (χ0n) is 18.1. The number of rotatable bonds is 1. The average Bonchev–Trinajstić information content (AvgIpc) is 3.50. The van der Waals surface area contributed by atoms with E-state index in [1.807, 2.05) is 11.3 Å². The van der Waals surface area contributed by atoms with Crippen LogP contribution in [0.5, 0.6) is 0 Å². The first-order chi connectivity index (χ1) is 16.3. The van der Waals surface area contributed by atoms with Crippen molar-refractivity contribution in [3.8, 4) is 11.1 Å². The molecule has 0 aliphatic carbocycles. The molecule has 2 heteroatoms. The Morgan fingerprint density at radius 3 is 2.21 bits per heavy atom. The Balaban J connectivity index is 1.58. The number of benzene rings is 5. The first kappa shape index (κ1) is 17.6. The highest BCUT2D eigenvalue weighted by Gasteiger charge is 2.19. The van der Waals surface area contributed by atoms with Gasteiger partial charge in [0.15, 0.2) is 0 Å². The van der Waals surface area contributed by atoms with Crippen molar-refractivity contribution in [2.45, 2.75) is 6.92 Å². The van der Waals surface area contributed by atoms with Crippen molar-refractivity contribution in [2.75, 3.05) is 0 Å². The Labute approximate surface area is 194 Å². The molecule has 0 aliphatic rings. The number of hydrogen-bond donors (Lipinski definition) is 0. The Morgan fingerprint density at radius 2 is 1.30 bits per heavy atom. The summed E-state index contributed by atoms with van der Waals surface area (Å²) in [5.41, 5.74) is 7.84. The van der Waals surface area contributed by atoms with Gasteiger partial charge in [0.05, 0.1) is 16.6 Å². The SMILES string of the molecule is Cc1ccc2c(c1)c1cc(-c3cccc4c3sc3ccccc34)cc3c4ccccc4n2c31. The van der Waals surface area contributed by atoms with Crippen LogP contribution in [0, 0.1) is 6.92 Å².